The molecule has 1 fully saturated rings. The number of nitrogens with one attached hydrogen (secondary N) is 2. The van der Waals surface area contributed by atoms with Crippen LogP contribution in [0.5, 0.6) is 5.75 Å². The highest BCUT2D eigenvalue weighted by molar-refractivity contribution is 6.17. The predicted molar refractivity (Wildman–Crippen MR) is 130 cm³/mol. The third-order valence-electron chi connectivity index (χ3n) is 5.53. The maximum atomic E-state index is 14.4. The van der Waals surface area contributed by atoms with E-state index in [1.54, 1.807) is 29.2 Å². The van der Waals surface area contributed by atoms with Crippen molar-refractivity contribution in [3.05, 3.63) is 70.7 Å². The fourth-order valence-corrected chi connectivity index (χ4v) is 3.55. The fourth-order valence-electron chi connectivity index (χ4n) is 3.55. The lowest BCUT2D eigenvalue weighted by Gasteiger charge is -2.33. The number of halogens is 1. The molecular weight excluding hydrogens is 455 g/mol. The monoisotopic (exact) mass is 484 g/mol. The first-order chi connectivity index (χ1) is 16.7. The van der Waals surface area contributed by atoms with E-state index in [4.69, 9.17) is 30.8 Å². The second kappa shape index (κ2) is 11.6. The number of morpholine rings is 1. The van der Waals surface area contributed by atoms with Crippen molar-refractivity contribution in [2.45, 2.75) is 13.0 Å². The molecule has 0 bridgehead atoms. The van der Waals surface area contributed by atoms with Crippen molar-refractivity contribution < 1.29 is 28.5 Å². The Morgan fingerprint density at radius 3 is 2.60 bits per heavy atom. The highest BCUT2D eigenvalue weighted by Gasteiger charge is 2.24. The fraction of sp³-hybridized carbons (Fsp3) is 0.320. The van der Waals surface area contributed by atoms with Gasteiger partial charge in [-0.3, -0.25) is 10.2 Å². The molecule has 186 valence electrons. The number of rotatable bonds is 9. The Balaban J connectivity index is 1.71. The Bertz CT molecular complexity index is 1130. The van der Waals surface area contributed by atoms with E-state index in [0.29, 0.717) is 30.9 Å². The molecule has 0 aromatic heterocycles. The van der Waals surface area contributed by atoms with E-state index in [-0.39, 0.29) is 47.9 Å². The van der Waals surface area contributed by atoms with Crippen LogP contribution in [0.3, 0.4) is 0 Å². The van der Waals surface area contributed by atoms with E-state index >= 15 is 0 Å². The molecule has 0 unspecified atom stereocenters. The van der Waals surface area contributed by atoms with Crippen LogP contribution in [0.15, 0.2) is 48.2 Å². The van der Waals surface area contributed by atoms with Gasteiger partial charge in [-0.25, -0.2) is 4.39 Å². The second-order valence-electron chi connectivity index (χ2n) is 8.03. The van der Waals surface area contributed by atoms with Crippen molar-refractivity contribution in [1.82, 2.24) is 4.90 Å². The minimum absolute atomic E-state index is 0.0247. The molecule has 0 saturated carbocycles. The number of nitrogen functional groups attached to an aromatic ring is 1. The maximum absolute atomic E-state index is 14.4. The number of amides is 1. The first-order valence-electron chi connectivity index (χ1n) is 11.0. The molecule has 1 atom stereocenters. The molecule has 2 aromatic carbocycles. The molecule has 1 saturated heterocycles. The number of carbonyl (C=O) groups excluding carboxylic acids is 1. The van der Waals surface area contributed by atoms with Crippen molar-refractivity contribution in [3.63, 3.8) is 0 Å². The van der Waals surface area contributed by atoms with Crippen molar-refractivity contribution >= 4 is 23.0 Å². The average molecular weight is 485 g/mol. The molecular formula is C25H29FN4O5. The van der Waals surface area contributed by atoms with Crippen LogP contribution in [0.1, 0.15) is 28.4 Å². The first-order valence-corrected chi connectivity index (χ1v) is 11.0. The zero-order valence-corrected chi connectivity index (χ0v) is 19.6. The smallest absolute Gasteiger partial charge is 0.254 e. The highest BCUT2D eigenvalue weighted by atomic mass is 19.1. The van der Waals surface area contributed by atoms with Crippen molar-refractivity contribution in [3.8, 4) is 5.75 Å². The van der Waals surface area contributed by atoms with Crippen LogP contribution in [0.2, 0.25) is 0 Å². The van der Waals surface area contributed by atoms with Gasteiger partial charge in [0.15, 0.2) is 11.6 Å². The summed E-state index contributed by atoms with van der Waals surface area (Å²) < 4.78 is 29.8. The number of hydrogen-bond donors (Lipinski definition) is 4. The number of anilines is 1. The quantitative estimate of drug-likeness (QED) is 0.186. The van der Waals surface area contributed by atoms with Crippen LogP contribution in [0.25, 0.3) is 0 Å². The van der Waals surface area contributed by atoms with Gasteiger partial charge in [-0.1, -0.05) is 12.1 Å². The molecule has 1 amide bonds. The summed E-state index contributed by atoms with van der Waals surface area (Å²) in [6.45, 7) is 3.81. The number of nitrogens with two attached hydrogens (primary N) is 1. The SMILES string of the molecule is COCCOc1cc(N)c(C(=N)/C(O)=C/C(=N)c2ccc(C(=O)N3CCOC[C@H]3C)cc2)cc1F. The van der Waals surface area contributed by atoms with Gasteiger partial charge in [0.2, 0.25) is 0 Å². The number of benzene rings is 2. The van der Waals surface area contributed by atoms with Crippen LogP contribution in [-0.2, 0) is 9.47 Å². The number of aliphatic hydroxyl groups excluding tert-OH is 1. The summed E-state index contributed by atoms with van der Waals surface area (Å²) in [6, 6.07) is 8.62. The lowest BCUT2D eigenvalue weighted by Crippen LogP contribution is -2.47. The van der Waals surface area contributed by atoms with Gasteiger partial charge in [-0.05, 0) is 30.7 Å². The van der Waals surface area contributed by atoms with Crippen molar-refractivity contribution in [2.24, 2.45) is 0 Å². The van der Waals surface area contributed by atoms with Crippen LogP contribution in [0.4, 0.5) is 10.1 Å². The predicted octanol–water partition coefficient (Wildman–Crippen LogP) is 3.17. The normalized spacial score (nSPS) is 16.1. The number of ether oxygens (including phenoxy) is 3. The van der Waals surface area contributed by atoms with E-state index < -0.39 is 17.3 Å². The molecule has 0 radical (unpaired) electrons. The minimum Gasteiger partial charge on any atom is -0.506 e. The first kappa shape index (κ1) is 25.9. The van der Waals surface area contributed by atoms with Crippen LogP contribution < -0.4 is 10.5 Å². The summed E-state index contributed by atoms with van der Waals surface area (Å²) >= 11 is 0. The van der Waals surface area contributed by atoms with Gasteiger partial charge in [0.1, 0.15) is 18.1 Å². The summed E-state index contributed by atoms with van der Waals surface area (Å²) in [7, 11) is 1.49. The Kier molecular flexibility index (Phi) is 8.56. The molecule has 3 rings (SSSR count). The summed E-state index contributed by atoms with van der Waals surface area (Å²) in [5.41, 5.74) is 6.31. The van der Waals surface area contributed by atoms with Gasteiger partial charge in [-0.15, -0.1) is 0 Å². The highest BCUT2D eigenvalue weighted by Crippen LogP contribution is 2.26. The Labute approximate surface area is 202 Å². The third kappa shape index (κ3) is 6.23. The number of aliphatic hydroxyl groups is 1. The van der Waals surface area contributed by atoms with E-state index in [2.05, 4.69) is 0 Å². The number of allylic oxidation sites excluding steroid dienone is 2. The zero-order valence-electron chi connectivity index (χ0n) is 19.6. The van der Waals surface area contributed by atoms with Gasteiger partial charge >= 0.3 is 0 Å². The van der Waals surface area contributed by atoms with E-state index in [1.165, 1.54) is 13.2 Å². The van der Waals surface area contributed by atoms with Crippen LogP contribution in [-0.4, -0.2) is 73.5 Å². The second-order valence-corrected chi connectivity index (χ2v) is 8.03. The molecule has 1 aliphatic rings. The van der Waals surface area contributed by atoms with E-state index in [1.807, 2.05) is 6.92 Å². The lowest BCUT2D eigenvalue weighted by molar-refractivity contribution is 0.00359. The van der Waals surface area contributed by atoms with Gasteiger partial charge in [0.05, 0.1) is 31.6 Å². The number of hydrogen-bond acceptors (Lipinski definition) is 8. The Morgan fingerprint density at radius 1 is 1.26 bits per heavy atom. The maximum Gasteiger partial charge on any atom is 0.254 e. The molecule has 0 aliphatic carbocycles. The summed E-state index contributed by atoms with van der Waals surface area (Å²) in [6.07, 6.45) is 1.07. The summed E-state index contributed by atoms with van der Waals surface area (Å²) in [5, 5.41) is 26.9. The molecule has 1 heterocycles. The average Bonchev–Trinajstić information content (AvgIpc) is 2.85. The number of carbonyl (C=O) groups is 1. The van der Waals surface area contributed by atoms with Crippen molar-refractivity contribution in [1.29, 1.82) is 10.8 Å². The lowest BCUT2D eigenvalue weighted by atomic mass is 10.0. The van der Waals surface area contributed by atoms with E-state index in [9.17, 15) is 14.3 Å². The molecule has 9 nitrogen and oxygen atoms in total. The van der Waals surface area contributed by atoms with Crippen LogP contribution in [0, 0.1) is 16.6 Å². The number of nitrogens with zero attached hydrogens (tertiary/aromatic N) is 1. The Morgan fingerprint density at radius 2 is 1.94 bits per heavy atom. The minimum atomic E-state index is -0.743. The standard InChI is InChI=1S/C25H29FN4O5/c1-15-14-34-8-7-30(15)25(32)17-5-3-16(4-6-17)20(27)12-22(31)24(29)18-11-19(26)23(13-21(18)28)35-10-9-33-2/h3-6,11-13,15,27,29,31H,7-10,14,28H2,1-2H3/b22-12-,27-20?,29-24?/t15-/m1/s1. The zero-order chi connectivity index (χ0) is 25.5. The topological polar surface area (TPSA) is 142 Å². The largest absolute Gasteiger partial charge is 0.506 e. The van der Waals surface area contributed by atoms with Gasteiger partial charge in [0.25, 0.3) is 5.91 Å². The third-order valence-corrected chi connectivity index (χ3v) is 5.53. The molecule has 35 heavy (non-hydrogen) atoms. The molecule has 10 heteroatoms. The molecule has 5 N–H and O–H groups in total. The van der Waals surface area contributed by atoms with Gasteiger partial charge < -0.3 is 35.4 Å². The molecule has 0 spiro atoms. The number of methoxy groups -OCH3 is 1. The van der Waals surface area contributed by atoms with Crippen molar-refractivity contribution in [2.75, 3.05) is 45.8 Å². The molecule has 2 aromatic rings. The summed E-state index contributed by atoms with van der Waals surface area (Å²) in [5.74, 6) is -1.51. The molecule has 1 aliphatic heterocycles. The van der Waals surface area contributed by atoms with Gasteiger partial charge in [0, 0.05) is 42.6 Å². The summed E-state index contributed by atoms with van der Waals surface area (Å²) in [4.78, 5) is 14.5. The Hall–Kier alpha value is -3.76. The van der Waals surface area contributed by atoms with Crippen LogP contribution >= 0.6 is 0 Å². The van der Waals surface area contributed by atoms with Gasteiger partial charge in [-0.2, -0.15) is 0 Å². The van der Waals surface area contributed by atoms with E-state index in [0.717, 1.165) is 12.1 Å².